The second-order valence-corrected chi connectivity index (χ2v) is 18.5. The molecule has 0 N–H and O–H groups in total. The Bertz CT molecular complexity index is 2360. The Morgan fingerprint density at radius 2 is 1.26 bits per heavy atom. The Labute approximate surface area is 337 Å². The number of benzene rings is 4. The van der Waals surface area contributed by atoms with Crippen molar-refractivity contribution in [2.75, 3.05) is 9.80 Å². The van der Waals surface area contributed by atoms with Crippen molar-refractivity contribution in [3.05, 3.63) is 139 Å². The van der Waals surface area contributed by atoms with E-state index in [1.165, 1.54) is 27.8 Å². The van der Waals surface area contributed by atoms with Crippen LogP contribution >= 0.6 is 0 Å². The first-order valence-electron chi connectivity index (χ1n) is 18.7. The number of aromatic nitrogens is 2. The van der Waals surface area contributed by atoms with E-state index in [1.54, 1.807) is 0 Å². The van der Waals surface area contributed by atoms with Gasteiger partial charge in [0.2, 0.25) is 0 Å². The summed E-state index contributed by atoms with van der Waals surface area (Å²) in [5.74, 6) is 2.11. The van der Waals surface area contributed by atoms with Crippen LogP contribution in [0, 0.1) is 24.2 Å². The molecule has 284 valence electrons. The molecule has 6 heteroatoms. The van der Waals surface area contributed by atoms with Crippen molar-refractivity contribution in [1.29, 1.82) is 0 Å². The van der Waals surface area contributed by atoms with Crippen molar-refractivity contribution >= 4 is 33.2 Å². The Morgan fingerprint density at radius 1 is 0.611 bits per heavy atom. The van der Waals surface area contributed by atoms with Gasteiger partial charge in [-0.25, -0.2) is 4.98 Å². The minimum Gasteiger partial charge on any atom is -0.509 e. The van der Waals surface area contributed by atoms with Gasteiger partial charge in [-0.1, -0.05) is 113 Å². The van der Waals surface area contributed by atoms with Gasteiger partial charge in [0.05, 0.1) is 0 Å². The fraction of sp³-hybridized carbons (Fsp3) is 0.333. The molecular formula is C48H53N4OPt-3. The molecule has 0 unspecified atom stereocenters. The predicted molar refractivity (Wildman–Crippen MR) is 222 cm³/mol. The maximum atomic E-state index is 6.57. The molecule has 0 radical (unpaired) electrons. The first-order valence-corrected chi connectivity index (χ1v) is 18.7. The van der Waals surface area contributed by atoms with E-state index in [2.05, 4.69) is 189 Å². The normalized spacial score (nSPS) is 14.1. The second-order valence-electron chi connectivity index (χ2n) is 18.5. The Kier molecular flexibility index (Phi) is 10.2. The van der Waals surface area contributed by atoms with E-state index in [0.29, 0.717) is 11.5 Å². The third-order valence-electron chi connectivity index (χ3n) is 10.1. The van der Waals surface area contributed by atoms with Crippen molar-refractivity contribution < 1.29 is 25.8 Å². The largest absolute Gasteiger partial charge is 0.509 e. The molecule has 1 aliphatic rings. The molecule has 0 bridgehead atoms. The van der Waals surface area contributed by atoms with Gasteiger partial charge in [0.25, 0.3) is 0 Å². The molecule has 5 nitrogen and oxygen atoms in total. The summed E-state index contributed by atoms with van der Waals surface area (Å²) in [7, 11) is 0. The van der Waals surface area contributed by atoms with Crippen LogP contribution in [-0.2, 0) is 37.3 Å². The Morgan fingerprint density at radius 3 is 1.94 bits per heavy atom. The number of rotatable bonds is 5. The number of fused-ring (bicyclic) bond motifs is 3. The van der Waals surface area contributed by atoms with Gasteiger partial charge in [-0.2, -0.15) is 12.1 Å². The third kappa shape index (κ3) is 7.76. The van der Waals surface area contributed by atoms with Crippen molar-refractivity contribution in [1.82, 2.24) is 9.55 Å². The van der Waals surface area contributed by atoms with Gasteiger partial charge in [0.15, 0.2) is 0 Å². The molecule has 1 aliphatic heterocycles. The predicted octanol–water partition coefficient (Wildman–Crippen LogP) is 12.8. The molecule has 6 aromatic rings. The van der Waals surface area contributed by atoms with E-state index < -0.39 is 0 Å². The standard InChI is InChI=1S/C48H53N4O.Pt/c1-45(2,3)32-15-13-17-36(25-32)51-31-50(30-43(51)48(10,11)12)35-16-14-18-37(28-35)53-38-20-21-39-40-26-33(46(4,5)6)19-22-41(40)52(42(39)29-38)44-27-34(23-24-49-44)47(7,8)9;/h13-27,30-31H,1-12H3;/q-3;. The molecule has 0 aliphatic carbocycles. The number of anilines is 2. The van der Waals surface area contributed by atoms with Crippen LogP contribution in [0.25, 0.3) is 27.6 Å². The summed E-state index contributed by atoms with van der Waals surface area (Å²) in [6, 6.07) is 37.3. The average Bonchev–Trinajstić information content (AvgIpc) is 3.68. The smallest absolute Gasteiger partial charge is 0.135 e. The van der Waals surface area contributed by atoms with Crippen molar-refractivity contribution in [3.8, 4) is 17.3 Å². The van der Waals surface area contributed by atoms with Crippen LogP contribution in [0.15, 0.2) is 103 Å². The average molecular weight is 897 g/mol. The van der Waals surface area contributed by atoms with E-state index in [1.807, 2.05) is 24.4 Å². The number of hydrogen-bond donors (Lipinski definition) is 0. The molecule has 0 atom stereocenters. The fourth-order valence-corrected chi connectivity index (χ4v) is 6.89. The molecule has 54 heavy (non-hydrogen) atoms. The molecule has 2 aromatic heterocycles. The summed E-state index contributed by atoms with van der Waals surface area (Å²) < 4.78 is 8.79. The molecule has 0 spiro atoms. The van der Waals surface area contributed by atoms with Crippen molar-refractivity contribution in [2.24, 2.45) is 5.41 Å². The van der Waals surface area contributed by atoms with Gasteiger partial charge in [-0.15, -0.1) is 48.1 Å². The Balaban J connectivity index is 0.00000497. The van der Waals surface area contributed by atoms with Crippen LogP contribution in [0.5, 0.6) is 11.5 Å². The van der Waals surface area contributed by atoms with E-state index in [0.717, 1.165) is 33.6 Å². The second kappa shape index (κ2) is 14.1. The molecule has 0 amide bonds. The van der Waals surface area contributed by atoms with E-state index in [-0.39, 0.29) is 42.7 Å². The van der Waals surface area contributed by atoms with Crippen LogP contribution in [-0.4, -0.2) is 9.55 Å². The molecule has 0 saturated carbocycles. The van der Waals surface area contributed by atoms with Crippen LogP contribution in [0.4, 0.5) is 11.4 Å². The summed E-state index contributed by atoms with van der Waals surface area (Å²) in [5.41, 5.74) is 9.05. The SMILES string of the molecule is CC(C)(C)C1=CN(c2[c-]c(Oc3[c-]c4c(cc3)c3cc(C(C)(C)C)ccc3n4-c3cc(C(C)(C)C)ccn3)ccc2)[CH-]N1c1cccc(C(C)(C)C)c1.[Pt]. The first-order chi connectivity index (χ1) is 24.8. The van der Waals surface area contributed by atoms with Crippen molar-refractivity contribution in [3.63, 3.8) is 0 Å². The van der Waals surface area contributed by atoms with Gasteiger partial charge in [-0.05, 0) is 74.9 Å². The zero-order chi connectivity index (χ0) is 38.1. The number of allylic oxidation sites excluding steroid dienone is 1. The maximum Gasteiger partial charge on any atom is 0.135 e. The van der Waals surface area contributed by atoms with Crippen LogP contribution in [0.2, 0.25) is 0 Å². The maximum absolute atomic E-state index is 6.57. The number of nitrogens with zero attached hydrogens (tertiary/aromatic N) is 4. The first kappa shape index (κ1) is 39.4. The molecular weight excluding hydrogens is 844 g/mol. The monoisotopic (exact) mass is 896 g/mol. The Hall–Kier alpha value is -4.34. The molecule has 0 saturated heterocycles. The summed E-state index contributed by atoms with van der Waals surface area (Å²) >= 11 is 0. The van der Waals surface area contributed by atoms with E-state index in [4.69, 9.17) is 9.72 Å². The van der Waals surface area contributed by atoms with Crippen molar-refractivity contribution in [2.45, 2.75) is 99.3 Å². The summed E-state index contributed by atoms with van der Waals surface area (Å²) in [6.07, 6.45) is 4.12. The molecule has 3 heterocycles. The minimum atomic E-state index is -0.0885. The summed E-state index contributed by atoms with van der Waals surface area (Å²) in [6.45, 7) is 29.2. The zero-order valence-electron chi connectivity index (χ0n) is 33.8. The van der Waals surface area contributed by atoms with Crippen LogP contribution in [0.1, 0.15) is 99.8 Å². The van der Waals surface area contributed by atoms with E-state index >= 15 is 0 Å². The number of pyridine rings is 1. The quantitative estimate of drug-likeness (QED) is 0.161. The number of hydrogen-bond acceptors (Lipinski definition) is 4. The van der Waals surface area contributed by atoms with E-state index in [9.17, 15) is 0 Å². The van der Waals surface area contributed by atoms with Gasteiger partial charge >= 0.3 is 0 Å². The summed E-state index contributed by atoms with van der Waals surface area (Å²) in [5, 5.41) is 2.29. The van der Waals surface area contributed by atoms with Gasteiger partial charge in [0, 0.05) is 61.1 Å². The minimum absolute atomic E-state index is 0. The molecule has 4 aromatic carbocycles. The van der Waals surface area contributed by atoms with Crippen LogP contribution in [0.3, 0.4) is 0 Å². The van der Waals surface area contributed by atoms with Gasteiger partial charge in [0.1, 0.15) is 5.82 Å². The van der Waals surface area contributed by atoms with Gasteiger partial charge in [-0.3, -0.25) is 0 Å². The fourth-order valence-electron chi connectivity index (χ4n) is 6.89. The van der Waals surface area contributed by atoms with Gasteiger partial charge < -0.3 is 19.1 Å². The number of ether oxygens (including phenoxy) is 1. The third-order valence-corrected chi connectivity index (χ3v) is 10.1. The molecule has 7 rings (SSSR count). The molecule has 0 fully saturated rings. The zero-order valence-corrected chi connectivity index (χ0v) is 36.1. The summed E-state index contributed by atoms with van der Waals surface area (Å²) in [4.78, 5) is 9.32. The topological polar surface area (TPSA) is 33.5 Å². The van der Waals surface area contributed by atoms with Crippen LogP contribution < -0.4 is 14.5 Å².